The number of nitrogens with zero attached hydrogens (tertiary/aromatic N) is 2. The number of rotatable bonds is 4. The fourth-order valence-electron chi connectivity index (χ4n) is 4.55. The molecular formula is C26H25F2N3O5S. The first-order chi connectivity index (χ1) is 17.7. The van der Waals surface area contributed by atoms with Crippen LogP contribution in [0.5, 0.6) is 11.5 Å². The van der Waals surface area contributed by atoms with Crippen LogP contribution < -0.4 is 14.8 Å². The molecule has 3 aromatic carbocycles. The van der Waals surface area contributed by atoms with E-state index in [4.69, 9.17) is 9.47 Å². The topological polar surface area (TPSA) is 88.2 Å². The van der Waals surface area contributed by atoms with Crippen LogP contribution in [-0.4, -0.2) is 69.5 Å². The van der Waals surface area contributed by atoms with Crippen molar-refractivity contribution in [3.63, 3.8) is 0 Å². The highest BCUT2D eigenvalue weighted by Gasteiger charge is 2.36. The van der Waals surface area contributed by atoms with E-state index in [2.05, 4.69) is 5.32 Å². The van der Waals surface area contributed by atoms with Crippen molar-refractivity contribution < 1.29 is 31.5 Å². The number of hydrogen-bond acceptors (Lipinski definition) is 6. The molecule has 2 heterocycles. The maximum atomic E-state index is 14.3. The molecule has 1 atom stereocenters. The lowest BCUT2D eigenvalue weighted by Gasteiger charge is -2.39. The summed E-state index contributed by atoms with van der Waals surface area (Å²) < 4.78 is 66.7. The van der Waals surface area contributed by atoms with Crippen molar-refractivity contribution in [2.45, 2.75) is 10.9 Å². The summed E-state index contributed by atoms with van der Waals surface area (Å²) in [5.74, 6) is -0.772. The van der Waals surface area contributed by atoms with Crippen molar-refractivity contribution in [1.29, 1.82) is 0 Å². The molecule has 5 rings (SSSR count). The molecule has 8 nitrogen and oxygen atoms in total. The minimum atomic E-state index is -3.75. The molecule has 1 fully saturated rings. The van der Waals surface area contributed by atoms with Crippen molar-refractivity contribution >= 4 is 21.6 Å². The van der Waals surface area contributed by atoms with E-state index < -0.39 is 21.7 Å². The van der Waals surface area contributed by atoms with Crippen LogP contribution in [0.1, 0.15) is 0 Å². The second kappa shape index (κ2) is 10.1. The van der Waals surface area contributed by atoms with E-state index in [0.29, 0.717) is 29.3 Å². The summed E-state index contributed by atoms with van der Waals surface area (Å²) in [6.45, 7) is 0.897. The molecule has 2 aliphatic heterocycles. The van der Waals surface area contributed by atoms with E-state index in [1.54, 1.807) is 30.3 Å². The third-order valence-corrected chi connectivity index (χ3v) is 8.42. The Balaban J connectivity index is 1.37. The molecule has 0 aliphatic carbocycles. The van der Waals surface area contributed by atoms with Gasteiger partial charge >= 0.3 is 0 Å². The molecule has 37 heavy (non-hydrogen) atoms. The average molecular weight is 530 g/mol. The number of carbonyl (C=O) groups is 1. The van der Waals surface area contributed by atoms with Gasteiger partial charge in [0.05, 0.1) is 30.3 Å². The molecule has 3 aromatic rings. The molecule has 0 bridgehead atoms. The summed E-state index contributed by atoms with van der Waals surface area (Å²) in [6, 6.07) is 13.9. The number of carbonyl (C=O) groups excluding carboxylic acids is 1. The van der Waals surface area contributed by atoms with Gasteiger partial charge in [0, 0.05) is 31.3 Å². The lowest BCUT2D eigenvalue weighted by Crippen LogP contribution is -2.57. The van der Waals surface area contributed by atoms with Gasteiger partial charge in [0.1, 0.15) is 29.7 Å². The number of ether oxygens (including phenoxy) is 2. The molecule has 0 aromatic heterocycles. The molecule has 1 saturated heterocycles. The van der Waals surface area contributed by atoms with Crippen LogP contribution in [0.2, 0.25) is 0 Å². The lowest BCUT2D eigenvalue weighted by atomic mass is 10.0. The maximum absolute atomic E-state index is 14.3. The van der Waals surface area contributed by atoms with E-state index in [-0.39, 0.29) is 48.6 Å². The lowest BCUT2D eigenvalue weighted by molar-refractivity contribution is -0.118. The first-order valence-electron chi connectivity index (χ1n) is 11.6. The minimum absolute atomic E-state index is 0.0407. The summed E-state index contributed by atoms with van der Waals surface area (Å²) in [7, 11) is -2.24. The van der Waals surface area contributed by atoms with Crippen molar-refractivity contribution in [3.8, 4) is 22.6 Å². The van der Waals surface area contributed by atoms with Crippen LogP contribution in [0.4, 0.5) is 14.5 Å². The molecule has 0 radical (unpaired) electrons. The van der Waals surface area contributed by atoms with E-state index in [9.17, 15) is 22.0 Å². The highest BCUT2D eigenvalue weighted by Crippen LogP contribution is 2.33. The average Bonchev–Trinajstić information content (AvgIpc) is 2.94. The third-order valence-electron chi connectivity index (χ3n) is 6.54. The number of nitrogens with one attached hydrogen (secondary N) is 1. The van der Waals surface area contributed by atoms with Crippen LogP contribution in [0, 0.1) is 11.6 Å². The molecule has 194 valence electrons. The molecule has 2 aliphatic rings. The number of methoxy groups -OCH3 is 1. The second-order valence-electron chi connectivity index (χ2n) is 8.86. The van der Waals surface area contributed by atoms with Crippen LogP contribution in [0.25, 0.3) is 11.1 Å². The molecule has 1 amide bonds. The smallest absolute Gasteiger partial charge is 0.243 e. The zero-order chi connectivity index (χ0) is 26.2. The van der Waals surface area contributed by atoms with Gasteiger partial charge in [-0.05, 0) is 54.1 Å². The summed E-state index contributed by atoms with van der Waals surface area (Å²) in [5.41, 5.74) is 0.998. The molecular weight excluding hydrogens is 504 g/mol. The first kappa shape index (κ1) is 25.1. The van der Waals surface area contributed by atoms with E-state index in [1.807, 2.05) is 4.90 Å². The highest BCUT2D eigenvalue weighted by atomic mass is 32.2. The minimum Gasteiger partial charge on any atom is -0.497 e. The number of anilines is 1. The SMILES string of the molecule is COc1ccc(S(=O)(=O)N2CCN3CC(=O)Nc4cc(-c5ccc(F)cc5F)ccc4OC[C@H]3C2)cc1. The zero-order valence-electron chi connectivity index (χ0n) is 20.0. The van der Waals surface area contributed by atoms with Crippen LogP contribution in [0.15, 0.2) is 65.6 Å². The number of piperazine rings is 1. The Bertz CT molecular complexity index is 1430. The van der Waals surface area contributed by atoms with Crippen LogP contribution >= 0.6 is 0 Å². The predicted molar refractivity (Wildman–Crippen MR) is 133 cm³/mol. The third kappa shape index (κ3) is 5.15. The number of benzene rings is 3. The van der Waals surface area contributed by atoms with Gasteiger partial charge in [-0.2, -0.15) is 4.31 Å². The standard InChI is InChI=1S/C26H25F2N3O5S/c1-35-20-4-6-21(7-5-20)37(33,34)31-11-10-30-15-26(32)29-24-12-17(22-8-3-18(27)13-23(22)28)2-9-25(24)36-16-19(30)14-31/h2-9,12-13,19H,10-11,14-16H2,1H3,(H,29,32)/t19-/m1/s1. The number of amides is 1. The largest absolute Gasteiger partial charge is 0.497 e. The Morgan fingerprint density at radius 2 is 1.81 bits per heavy atom. The van der Waals surface area contributed by atoms with E-state index in [1.165, 1.54) is 35.7 Å². The van der Waals surface area contributed by atoms with Gasteiger partial charge in [0.25, 0.3) is 0 Å². The Morgan fingerprint density at radius 1 is 1.03 bits per heavy atom. The Labute approximate surface area is 213 Å². The maximum Gasteiger partial charge on any atom is 0.243 e. The fourth-order valence-corrected chi connectivity index (χ4v) is 6.02. The number of fused-ring (bicyclic) bond motifs is 2. The quantitative estimate of drug-likeness (QED) is 0.558. The normalized spacial score (nSPS) is 18.9. The number of hydrogen-bond donors (Lipinski definition) is 1. The van der Waals surface area contributed by atoms with Crippen LogP contribution in [0.3, 0.4) is 0 Å². The fraction of sp³-hybridized carbons (Fsp3) is 0.269. The van der Waals surface area contributed by atoms with Gasteiger partial charge in [-0.1, -0.05) is 6.07 Å². The Hall–Kier alpha value is -3.54. The molecule has 0 spiro atoms. The van der Waals surface area contributed by atoms with Crippen molar-refractivity contribution in [3.05, 3.63) is 72.3 Å². The second-order valence-corrected chi connectivity index (χ2v) is 10.8. The Morgan fingerprint density at radius 3 is 2.54 bits per heavy atom. The number of halogens is 2. The molecule has 0 unspecified atom stereocenters. The molecule has 0 saturated carbocycles. The Kier molecular flexibility index (Phi) is 6.84. The highest BCUT2D eigenvalue weighted by molar-refractivity contribution is 7.89. The van der Waals surface area contributed by atoms with E-state index >= 15 is 0 Å². The van der Waals surface area contributed by atoms with Gasteiger partial charge in [-0.3, -0.25) is 9.69 Å². The van der Waals surface area contributed by atoms with Gasteiger partial charge < -0.3 is 14.8 Å². The first-order valence-corrected chi connectivity index (χ1v) is 13.1. The summed E-state index contributed by atoms with van der Waals surface area (Å²) in [6.07, 6.45) is 0. The van der Waals surface area contributed by atoms with E-state index in [0.717, 1.165) is 6.07 Å². The van der Waals surface area contributed by atoms with Crippen molar-refractivity contribution in [2.24, 2.45) is 0 Å². The summed E-state index contributed by atoms with van der Waals surface area (Å²) >= 11 is 0. The van der Waals surface area contributed by atoms with Gasteiger partial charge in [0.2, 0.25) is 15.9 Å². The monoisotopic (exact) mass is 529 g/mol. The van der Waals surface area contributed by atoms with Crippen molar-refractivity contribution in [1.82, 2.24) is 9.21 Å². The summed E-state index contributed by atoms with van der Waals surface area (Å²) in [5, 5.41) is 2.81. The van der Waals surface area contributed by atoms with Gasteiger partial charge in [-0.25, -0.2) is 17.2 Å². The predicted octanol–water partition coefficient (Wildman–Crippen LogP) is 3.35. The molecule has 11 heteroatoms. The molecule has 1 N–H and O–H groups in total. The van der Waals surface area contributed by atoms with Crippen molar-refractivity contribution in [2.75, 3.05) is 45.2 Å². The van der Waals surface area contributed by atoms with Crippen LogP contribution in [-0.2, 0) is 14.8 Å². The summed E-state index contributed by atoms with van der Waals surface area (Å²) in [4.78, 5) is 14.9. The van der Waals surface area contributed by atoms with Gasteiger partial charge in [-0.15, -0.1) is 0 Å². The number of sulfonamides is 1. The van der Waals surface area contributed by atoms with Gasteiger partial charge in [0.15, 0.2) is 0 Å². The zero-order valence-corrected chi connectivity index (χ0v) is 20.8.